The van der Waals surface area contributed by atoms with E-state index in [9.17, 15) is 18.5 Å². The summed E-state index contributed by atoms with van der Waals surface area (Å²) in [7, 11) is -1.97. The van der Waals surface area contributed by atoms with Crippen molar-refractivity contribution >= 4 is 21.7 Å². The zero-order valence-corrected chi connectivity index (χ0v) is 19.7. The van der Waals surface area contributed by atoms with Gasteiger partial charge in [0.15, 0.2) is 5.78 Å². The molecule has 0 amide bonds. The van der Waals surface area contributed by atoms with E-state index in [-0.39, 0.29) is 11.5 Å². The molecule has 0 unspecified atom stereocenters. The van der Waals surface area contributed by atoms with Crippen molar-refractivity contribution in [1.82, 2.24) is 9.21 Å². The van der Waals surface area contributed by atoms with Gasteiger partial charge in [-0.25, -0.2) is 0 Å². The molecule has 0 atom stereocenters. The van der Waals surface area contributed by atoms with E-state index in [1.165, 1.54) is 4.31 Å². The van der Waals surface area contributed by atoms with E-state index in [1.54, 1.807) is 24.3 Å². The third kappa shape index (κ3) is 3.48. The lowest BCUT2D eigenvalue weighted by Gasteiger charge is -2.35. The van der Waals surface area contributed by atoms with Gasteiger partial charge in [0.1, 0.15) is 5.75 Å². The van der Waals surface area contributed by atoms with Gasteiger partial charge in [0.2, 0.25) is 0 Å². The maximum absolute atomic E-state index is 13.5. The molecule has 0 radical (unpaired) electrons. The van der Waals surface area contributed by atoms with E-state index in [0.717, 1.165) is 22.3 Å². The van der Waals surface area contributed by atoms with Gasteiger partial charge in [0.25, 0.3) is 0 Å². The number of hydrogen-bond donors (Lipinski definition) is 0. The van der Waals surface area contributed by atoms with Crippen molar-refractivity contribution in [2.75, 3.05) is 33.2 Å². The van der Waals surface area contributed by atoms with Crippen LogP contribution in [0.2, 0.25) is 0 Å². The second kappa shape index (κ2) is 7.52. The van der Waals surface area contributed by atoms with Gasteiger partial charge in [0, 0.05) is 42.7 Å². The van der Waals surface area contributed by atoms with Crippen LogP contribution in [0.4, 0.5) is 0 Å². The fraction of sp³-hybridized carbons (Fsp3) is 0.360. The first-order chi connectivity index (χ1) is 15.6. The maximum atomic E-state index is 13.5. The van der Waals surface area contributed by atoms with Gasteiger partial charge in [-0.1, -0.05) is 19.9 Å². The van der Waals surface area contributed by atoms with Crippen molar-refractivity contribution in [1.29, 1.82) is 5.26 Å². The Labute approximate surface area is 194 Å². The van der Waals surface area contributed by atoms with Gasteiger partial charge in [-0.2, -0.15) is 18.0 Å². The number of Topliss-reactive ketones (excluding diaryl/α,β-unsaturated/α-hetero) is 1. The highest BCUT2D eigenvalue weighted by molar-refractivity contribution is 7.84. The van der Waals surface area contributed by atoms with Crippen molar-refractivity contribution in [3.63, 3.8) is 0 Å². The normalized spacial score (nSPS) is 20.1. The quantitative estimate of drug-likeness (QED) is 0.695. The fourth-order valence-corrected chi connectivity index (χ4v) is 6.12. The van der Waals surface area contributed by atoms with Crippen LogP contribution in [0.3, 0.4) is 0 Å². The van der Waals surface area contributed by atoms with Gasteiger partial charge in [0.05, 0.1) is 11.6 Å². The Morgan fingerprint density at radius 1 is 1.03 bits per heavy atom. The summed E-state index contributed by atoms with van der Waals surface area (Å²) in [6.07, 6.45) is 0.586. The largest absolute Gasteiger partial charge is 0.385 e. The summed E-state index contributed by atoms with van der Waals surface area (Å²) in [4.78, 5) is 15.6. The summed E-state index contributed by atoms with van der Waals surface area (Å²) >= 11 is 0. The van der Waals surface area contributed by atoms with E-state index in [2.05, 4.69) is 11.0 Å². The van der Waals surface area contributed by atoms with Crippen LogP contribution < -0.4 is 4.18 Å². The van der Waals surface area contributed by atoms with Crippen LogP contribution in [0.1, 0.15) is 46.5 Å². The highest BCUT2D eigenvalue weighted by Gasteiger charge is 2.43. The summed E-state index contributed by atoms with van der Waals surface area (Å²) in [6.45, 7) is 6.16. The second-order valence-corrected chi connectivity index (χ2v) is 11.0. The minimum atomic E-state index is -3.93. The predicted molar refractivity (Wildman–Crippen MR) is 124 cm³/mol. The molecule has 0 aromatic heterocycles. The molecule has 170 valence electrons. The third-order valence-electron chi connectivity index (χ3n) is 7.04. The lowest BCUT2D eigenvalue weighted by molar-refractivity contribution is 0.105. The van der Waals surface area contributed by atoms with E-state index >= 15 is 0 Å². The standard InChI is InChI=1S/C25H25N3O4S/c1-25(2)21-14-18(32-33(30,31)28-10-8-27(3)9-11-28)5-7-20(21)24(29)23-19-6-4-16(15-26)12-17(19)13-22(23)25/h4-7,12,14H,8-11,13H2,1-3H3. The lowest BCUT2D eigenvalue weighted by atomic mass is 9.68. The molecule has 0 saturated carbocycles. The van der Waals surface area contributed by atoms with Crippen molar-refractivity contribution in [2.45, 2.75) is 25.7 Å². The maximum Gasteiger partial charge on any atom is 0.385 e. The smallest absolute Gasteiger partial charge is 0.371 e. The third-order valence-corrected chi connectivity index (χ3v) is 8.44. The average Bonchev–Trinajstić information content (AvgIpc) is 3.18. The van der Waals surface area contributed by atoms with Crippen molar-refractivity contribution in [2.24, 2.45) is 0 Å². The SMILES string of the molecule is CN1CCN(S(=O)(=O)Oc2ccc3c(c2)C(C)(C)C2=C(C3=O)c3ccc(C#N)cc3C2)CC1. The predicted octanol–water partition coefficient (Wildman–Crippen LogP) is 2.91. The molecule has 2 aliphatic carbocycles. The molecular weight excluding hydrogens is 438 g/mol. The van der Waals surface area contributed by atoms with Crippen LogP contribution in [0, 0.1) is 11.3 Å². The first-order valence-corrected chi connectivity index (χ1v) is 12.3. The number of ketones is 1. The van der Waals surface area contributed by atoms with Crippen molar-refractivity contribution in [3.8, 4) is 11.8 Å². The van der Waals surface area contributed by atoms with Crippen molar-refractivity contribution < 1.29 is 17.4 Å². The Balaban J connectivity index is 1.49. The molecule has 0 bridgehead atoms. The van der Waals surface area contributed by atoms with Gasteiger partial charge in [-0.3, -0.25) is 4.79 Å². The summed E-state index contributed by atoms with van der Waals surface area (Å²) in [5.74, 6) is 0.135. The molecule has 33 heavy (non-hydrogen) atoms. The minimum Gasteiger partial charge on any atom is -0.371 e. The number of rotatable bonds is 3. The Kier molecular flexibility index (Phi) is 4.98. The molecule has 2 aromatic rings. The van der Waals surface area contributed by atoms with E-state index in [4.69, 9.17) is 4.18 Å². The molecule has 0 spiro atoms. The molecule has 2 aromatic carbocycles. The molecule has 1 heterocycles. The molecule has 1 aliphatic heterocycles. The van der Waals surface area contributed by atoms with Gasteiger partial charge in [-0.15, -0.1) is 0 Å². The number of carbonyl (C=O) groups excluding carboxylic acids is 1. The van der Waals surface area contributed by atoms with E-state index in [1.807, 2.05) is 33.0 Å². The number of hydrogen-bond acceptors (Lipinski definition) is 6. The second-order valence-electron chi connectivity index (χ2n) is 9.42. The summed E-state index contributed by atoms with van der Waals surface area (Å²) in [5, 5.41) is 9.26. The van der Waals surface area contributed by atoms with Crippen LogP contribution in [0.25, 0.3) is 5.57 Å². The van der Waals surface area contributed by atoms with Crippen LogP contribution in [-0.4, -0.2) is 56.6 Å². The van der Waals surface area contributed by atoms with E-state index in [0.29, 0.717) is 49.3 Å². The molecule has 0 N–H and O–H groups in total. The average molecular weight is 464 g/mol. The Hall–Kier alpha value is -2.99. The summed E-state index contributed by atoms with van der Waals surface area (Å²) in [5.41, 5.74) is 4.93. The number of allylic oxidation sites excluding steroid dienone is 2. The Morgan fingerprint density at radius 3 is 2.42 bits per heavy atom. The fourth-order valence-electron chi connectivity index (χ4n) is 5.06. The van der Waals surface area contributed by atoms with Gasteiger partial charge in [-0.05, 0) is 66.1 Å². The first kappa shape index (κ1) is 21.8. The molecular formula is C25H25N3O4S. The zero-order chi connectivity index (χ0) is 23.5. The first-order valence-electron chi connectivity index (χ1n) is 11.0. The van der Waals surface area contributed by atoms with Gasteiger partial charge < -0.3 is 9.08 Å². The topological polar surface area (TPSA) is 90.7 Å². The zero-order valence-electron chi connectivity index (χ0n) is 18.9. The summed E-state index contributed by atoms with van der Waals surface area (Å²) < 4.78 is 32.5. The van der Waals surface area contributed by atoms with Crippen LogP contribution in [0.15, 0.2) is 42.0 Å². The van der Waals surface area contributed by atoms with Crippen LogP contribution >= 0.6 is 0 Å². The van der Waals surface area contributed by atoms with Crippen molar-refractivity contribution in [3.05, 3.63) is 69.8 Å². The minimum absolute atomic E-state index is 0.0729. The monoisotopic (exact) mass is 463 g/mol. The highest BCUT2D eigenvalue weighted by atomic mass is 32.2. The molecule has 3 aliphatic rings. The Morgan fingerprint density at radius 2 is 1.73 bits per heavy atom. The number of nitrogens with zero attached hydrogens (tertiary/aromatic N) is 3. The van der Waals surface area contributed by atoms with E-state index < -0.39 is 15.7 Å². The Bertz CT molecular complexity index is 1360. The van der Waals surface area contributed by atoms with Crippen LogP contribution in [-0.2, 0) is 22.1 Å². The molecule has 1 saturated heterocycles. The number of piperazine rings is 1. The summed E-state index contributed by atoms with van der Waals surface area (Å²) in [6, 6.07) is 12.5. The number of benzene rings is 2. The molecule has 1 fully saturated rings. The molecule has 7 nitrogen and oxygen atoms in total. The van der Waals surface area contributed by atoms with Crippen LogP contribution in [0.5, 0.6) is 5.75 Å². The number of nitriles is 1. The highest BCUT2D eigenvalue weighted by Crippen LogP contribution is 2.50. The number of carbonyl (C=O) groups is 1. The number of likely N-dealkylation sites (N-methyl/N-ethyl adjacent to an activating group) is 1. The number of fused-ring (bicyclic) bond motifs is 3. The molecule has 8 heteroatoms. The lowest BCUT2D eigenvalue weighted by Crippen LogP contribution is -2.48. The molecule has 5 rings (SSSR count). The van der Waals surface area contributed by atoms with Gasteiger partial charge >= 0.3 is 10.3 Å².